The Morgan fingerprint density at radius 3 is 1.10 bits per heavy atom. The molecule has 0 radical (unpaired) electrons. The predicted molar refractivity (Wildman–Crippen MR) is 399 cm³/mol. The summed E-state index contributed by atoms with van der Waals surface area (Å²) >= 11 is 0. The van der Waals surface area contributed by atoms with Gasteiger partial charge in [0.15, 0.2) is 0 Å². The third kappa shape index (κ3) is 15.8. The van der Waals surface area contributed by atoms with Gasteiger partial charge >= 0.3 is 0 Å². The predicted octanol–water partition coefficient (Wildman–Crippen LogP) is 18.9. The van der Waals surface area contributed by atoms with Crippen molar-refractivity contribution in [3.8, 4) is 80.5 Å². The molecule has 8 heterocycles. The Labute approximate surface area is 603 Å². The number of rotatable bonds is 10. The van der Waals surface area contributed by atoms with Gasteiger partial charge in [-0.15, -0.1) is 0 Å². The van der Waals surface area contributed by atoms with Crippen molar-refractivity contribution in [1.29, 1.82) is 0 Å². The molecule has 8 aromatic carbocycles. The van der Waals surface area contributed by atoms with Crippen LogP contribution in [0.15, 0.2) is 121 Å². The average molecular weight is 1390 g/mol. The zero-order valence-corrected chi connectivity index (χ0v) is 61.9. The maximum absolute atomic E-state index is 10.5. The van der Waals surface area contributed by atoms with Crippen molar-refractivity contribution in [3.05, 3.63) is 199 Å². The van der Waals surface area contributed by atoms with Gasteiger partial charge in [0.1, 0.15) is 103 Å². The van der Waals surface area contributed by atoms with E-state index in [1.54, 1.807) is 18.2 Å². The van der Waals surface area contributed by atoms with Gasteiger partial charge in [-0.25, -0.2) is 0 Å². The molecule has 8 aromatic rings. The van der Waals surface area contributed by atoms with E-state index in [0.717, 1.165) is 169 Å². The fourth-order valence-electron chi connectivity index (χ4n) is 15.9. The van der Waals surface area contributed by atoms with Crippen LogP contribution in [-0.2, 0) is 57.8 Å². The van der Waals surface area contributed by atoms with E-state index in [-0.39, 0.29) is 57.6 Å². The van der Waals surface area contributed by atoms with E-state index in [4.69, 9.17) is 47.4 Å². The highest BCUT2D eigenvalue weighted by atomic mass is 16.5. The molecule has 0 spiro atoms. The molecule has 14 nitrogen and oxygen atoms in total. The first kappa shape index (κ1) is 71.4. The molecule has 0 saturated heterocycles. The van der Waals surface area contributed by atoms with Crippen LogP contribution in [0.4, 0.5) is 0 Å². The van der Waals surface area contributed by atoms with Gasteiger partial charge in [0.2, 0.25) is 0 Å². The van der Waals surface area contributed by atoms with Crippen molar-refractivity contribution >= 4 is 0 Å². The Bertz CT molecular complexity index is 4230. The SMILES string of the molecule is CCCc1ccc([C@@H]2COc3c(ccc4c3CCC(C)(C)O4)C2)c(O)c1.CCOc1cc(O)ccc1[C@@H]1COc2c(ccc3c2CCC(C)(C)O3)C1.CCOc1ccc([C@@H]2COc3c(ccc4c3CCC(C)(C)O4)C2)c(O)c1.Cc1ccc([C@@H]2COc3c(ccc4c3CCC(C)(C)O4)C2)c(O)c1. The van der Waals surface area contributed by atoms with Crippen LogP contribution in [0.2, 0.25) is 0 Å². The molecular formula is C88H104O14. The Morgan fingerprint density at radius 2 is 0.735 bits per heavy atom. The normalized spacial score (nSPS) is 20.6. The van der Waals surface area contributed by atoms with Crippen LogP contribution in [0.3, 0.4) is 0 Å². The number of aromatic hydroxyl groups is 4. The third-order valence-corrected chi connectivity index (χ3v) is 21.4. The van der Waals surface area contributed by atoms with E-state index < -0.39 is 0 Å². The lowest BCUT2D eigenvalue weighted by atomic mass is 9.86. The maximum atomic E-state index is 10.5. The Hall–Kier alpha value is -9.04. The number of hydrogen-bond acceptors (Lipinski definition) is 14. The van der Waals surface area contributed by atoms with E-state index >= 15 is 0 Å². The molecule has 0 aliphatic carbocycles. The van der Waals surface area contributed by atoms with E-state index in [1.165, 1.54) is 50.1 Å². The molecule has 0 bridgehead atoms. The highest BCUT2D eigenvalue weighted by molar-refractivity contribution is 5.58. The molecule has 102 heavy (non-hydrogen) atoms. The van der Waals surface area contributed by atoms with E-state index in [0.29, 0.717) is 56.9 Å². The van der Waals surface area contributed by atoms with Crippen LogP contribution in [0, 0.1) is 6.92 Å². The van der Waals surface area contributed by atoms with Gasteiger partial charge in [-0.2, -0.15) is 0 Å². The number of fused-ring (bicyclic) bond motifs is 12. The molecule has 0 aromatic heterocycles. The quantitative estimate of drug-likeness (QED) is 0.102. The van der Waals surface area contributed by atoms with Gasteiger partial charge in [0.25, 0.3) is 0 Å². The second-order valence-electron chi connectivity index (χ2n) is 31.4. The highest BCUT2D eigenvalue weighted by Gasteiger charge is 2.38. The number of benzene rings is 8. The molecule has 16 rings (SSSR count). The second kappa shape index (κ2) is 29.4. The minimum atomic E-state index is -0.119. The first-order valence-electron chi connectivity index (χ1n) is 37.2. The lowest BCUT2D eigenvalue weighted by molar-refractivity contribution is 0.0822. The molecule has 0 fully saturated rings. The summed E-state index contributed by atoms with van der Waals surface area (Å²) in [5.41, 5.74) is 15.4. The van der Waals surface area contributed by atoms with Crippen molar-refractivity contribution in [2.24, 2.45) is 0 Å². The Morgan fingerprint density at radius 1 is 0.382 bits per heavy atom. The van der Waals surface area contributed by atoms with E-state index in [2.05, 4.69) is 123 Å². The fraction of sp³-hybridized carbons (Fsp3) is 0.455. The minimum Gasteiger partial charge on any atom is -0.508 e. The summed E-state index contributed by atoms with van der Waals surface area (Å²) in [4.78, 5) is 0. The zero-order chi connectivity index (χ0) is 71.8. The number of phenols is 4. The standard InChI is InChI=1S/C23H28O3.2C22H26O4.C21H24O3/c1-4-5-15-6-8-18(20(24)12-15)17-13-16-7-9-21-19(22(16)25-14-17)10-11-23(2,3)26-21;1-4-24-16-6-7-17(19(23)12-16)15-11-14-5-8-20-18(21(14)25-13-15)9-10-22(2,3)26-20;1-4-24-20-12-16(23)6-7-17(20)15-11-14-5-8-19-18(21(14)25-13-15)9-10-22(2,3)26-19;1-13-4-6-16(18(22)10-13)15-11-14-5-7-19-17(20(14)23-12-15)8-9-21(2,3)24-19/h6-9,12,17,24H,4-5,10-11,13-14H2,1-3H3;2*5-8,12,15,23H,4,9-11,13H2,1-3H3;4-7,10,15,22H,8-9,11-12H2,1-3H3/t17-;3*15-/m0000/s1. The smallest absolute Gasteiger partial charge is 0.129 e. The average Bonchev–Trinajstić information content (AvgIpc) is 0.780. The number of phenolic OH excluding ortho intramolecular Hbond substituents is 4. The molecule has 14 heteroatoms. The van der Waals surface area contributed by atoms with Crippen LogP contribution in [0.1, 0.15) is 210 Å². The lowest BCUT2D eigenvalue weighted by Crippen LogP contribution is -2.33. The lowest BCUT2D eigenvalue weighted by Gasteiger charge is -2.36. The molecule has 0 unspecified atom stereocenters. The maximum Gasteiger partial charge on any atom is 0.129 e. The summed E-state index contributed by atoms with van der Waals surface area (Å²) in [6, 6.07) is 39.7. The van der Waals surface area contributed by atoms with E-state index in [9.17, 15) is 20.4 Å². The van der Waals surface area contributed by atoms with Crippen molar-refractivity contribution < 1.29 is 67.8 Å². The first-order chi connectivity index (χ1) is 48.8. The van der Waals surface area contributed by atoms with Gasteiger partial charge in [-0.3, -0.25) is 0 Å². The highest BCUT2D eigenvalue weighted by Crippen LogP contribution is 2.50. The van der Waals surface area contributed by atoms with Gasteiger partial charge in [-0.1, -0.05) is 74.0 Å². The fourth-order valence-corrected chi connectivity index (χ4v) is 15.9. The van der Waals surface area contributed by atoms with Crippen molar-refractivity contribution in [3.63, 3.8) is 0 Å². The minimum absolute atomic E-state index is 0.105. The van der Waals surface area contributed by atoms with Crippen molar-refractivity contribution in [1.82, 2.24) is 0 Å². The van der Waals surface area contributed by atoms with Crippen molar-refractivity contribution in [2.75, 3.05) is 39.6 Å². The summed E-state index contributed by atoms with van der Waals surface area (Å²) < 4.78 is 60.4. The zero-order valence-electron chi connectivity index (χ0n) is 61.9. The monoisotopic (exact) mass is 1380 g/mol. The van der Waals surface area contributed by atoms with Crippen LogP contribution < -0.4 is 47.4 Å². The largest absolute Gasteiger partial charge is 0.508 e. The summed E-state index contributed by atoms with van der Waals surface area (Å²) in [6.45, 7) is 28.6. The van der Waals surface area contributed by atoms with Gasteiger partial charge in [0, 0.05) is 80.3 Å². The van der Waals surface area contributed by atoms with Crippen LogP contribution in [0.5, 0.6) is 80.5 Å². The van der Waals surface area contributed by atoms with Crippen LogP contribution >= 0.6 is 0 Å². The second-order valence-corrected chi connectivity index (χ2v) is 31.4. The summed E-state index contributed by atoms with van der Waals surface area (Å²) in [6.07, 6.45) is 13.6. The molecule has 4 atom stereocenters. The summed E-state index contributed by atoms with van der Waals surface area (Å²) in [5, 5.41) is 40.9. The topological polar surface area (TPSA) is 173 Å². The first-order valence-corrected chi connectivity index (χ1v) is 37.2. The van der Waals surface area contributed by atoms with Crippen molar-refractivity contribution in [2.45, 2.75) is 219 Å². The number of aryl methyl sites for hydroxylation is 2. The third-order valence-electron chi connectivity index (χ3n) is 21.4. The van der Waals surface area contributed by atoms with Gasteiger partial charge < -0.3 is 67.8 Å². The Balaban J connectivity index is 0.000000121. The molecule has 8 aliphatic heterocycles. The molecule has 0 amide bonds. The molecule has 8 aliphatic rings. The number of hydrogen-bond donors (Lipinski definition) is 4. The molecule has 4 N–H and O–H groups in total. The summed E-state index contributed by atoms with van der Waals surface area (Å²) in [7, 11) is 0. The van der Waals surface area contributed by atoms with Crippen LogP contribution in [-0.4, -0.2) is 82.5 Å². The molecule has 0 saturated carbocycles. The van der Waals surface area contributed by atoms with Gasteiger partial charge in [-0.05, 0) is 242 Å². The number of ether oxygens (including phenoxy) is 10. The van der Waals surface area contributed by atoms with Crippen LogP contribution in [0.25, 0.3) is 0 Å². The Kier molecular flexibility index (Phi) is 20.5. The summed E-state index contributed by atoms with van der Waals surface area (Å²) in [5.74, 6) is 11.3. The van der Waals surface area contributed by atoms with E-state index in [1.807, 2.05) is 63.2 Å². The molecule has 540 valence electrons. The van der Waals surface area contributed by atoms with Gasteiger partial charge in [0.05, 0.1) is 39.6 Å². The molecular weight excluding hydrogens is 1280 g/mol.